The molecule has 27 heavy (non-hydrogen) atoms. The Kier molecular flexibility index (Phi) is 4.95. The van der Waals surface area contributed by atoms with E-state index >= 15 is 0 Å². The summed E-state index contributed by atoms with van der Waals surface area (Å²) in [6.07, 6.45) is 0. The van der Waals surface area contributed by atoms with Crippen molar-refractivity contribution in [2.45, 2.75) is 24.7 Å². The van der Waals surface area contributed by atoms with E-state index in [0.717, 1.165) is 11.1 Å². The molecule has 6 heteroatoms. The molecule has 0 spiro atoms. The van der Waals surface area contributed by atoms with E-state index in [1.807, 2.05) is 0 Å². The van der Waals surface area contributed by atoms with Crippen molar-refractivity contribution >= 4 is 10.1 Å². The van der Waals surface area contributed by atoms with Gasteiger partial charge in [-0.15, -0.1) is 0 Å². The molecule has 0 radical (unpaired) electrons. The van der Waals surface area contributed by atoms with E-state index in [0.29, 0.717) is 16.7 Å². The summed E-state index contributed by atoms with van der Waals surface area (Å²) in [5.41, 5.74) is 3.08. The SMILES string of the molecule is Cc1cc(C(c2ccc(O)c(C)c2)c2ccccc2S(=O)(=O)[O-])ccc1O. The monoisotopic (exact) mass is 383 g/mol. The lowest BCUT2D eigenvalue weighted by atomic mass is 9.84. The van der Waals surface area contributed by atoms with Crippen LogP contribution in [0.2, 0.25) is 0 Å². The Balaban J connectivity index is 2.32. The van der Waals surface area contributed by atoms with E-state index in [9.17, 15) is 23.2 Å². The lowest BCUT2D eigenvalue weighted by molar-refractivity contribution is 0.461. The van der Waals surface area contributed by atoms with Gasteiger partial charge in [-0.25, -0.2) is 8.42 Å². The first-order valence-electron chi connectivity index (χ1n) is 8.32. The number of hydrogen-bond donors (Lipinski definition) is 2. The van der Waals surface area contributed by atoms with Gasteiger partial charge in [0, 0.05) is 5.92 Å². The quantitative estimate of drug-likeness (QED) is 0.527. The molecule has 0 saturated carbocycles. The van der Waals surface area contributed by atoms with Crippen LogP contribution in [0.3, 0.4) is 0 Å². The van der Waals surface area contributed by atoms with Crippen LogP contribution in [0.4, 0.5) is 0 Å². The summed E-state index contributed by atoms with van der Waals surface area (Å²) < 4.78 is 35.5. The summed E-state index contributed by atoms with van der Waals surface area (Å²) in [7, 11) is -4.68. The van der Waals surface area contributed by atoms with Crippen molar-refractivity contribution < 1.29 is 23.2 Å². The Bertz CT molecular complexity index is 1050. The van der Waals surface area contributed by atoms with E-state index in [4.69, 9.17) is 0 Å². The van der Waals surface area contributed by atoms with Crippen LogP contribution >= 0.6 is 0 Å². The second kappa shape index (κ2) is 7.06. The van der Waals surface area contributed by atoms with Gasteiger partial charge in [0.1, 0.15) is 21.6 Å². The zero-order valence-corrected chi connectivity index (χ0v) is 15.7. The third-order valence-electron chi connectivity index (χ3n) is 4.61. The zero-order valence-electron chi connectivity index (χ0n) is 14.9. The van der Waals surface area contributed by atoms with Crippen LogP contribution in [-0.4, -0.2) is 23.2 Å². The maximum absolute atomic E-state index is 11.8. The highest BCUT2D eigenvalue weighted by Gasteiger charge is 2.23. The Morgan fingerprint density at radius 2 is 1.30 bits per heavy atom. The second-order valence-electron chi connectivity index (χ2n) is 6.52. The van der Waals surface area contributed by atoms with E-state index in [-0.39, 0.29) is 16.4 Å². The molecule has 0 aliphatic heterocycles. The van der Waals surface area contributed by atoms with Crippen molar-refractivity contribution in [3.8, 4) is 11.5 Å². The number of phenolic OH excluding ortho intramolecular Hbond substituents is 2. The molecule has 0 aromatic heterocycles. The molecule has 0 saturated heterocycles. The van der Waals surface area contributed by atoms with Gasteiger partial charge >= 0.3 is 0 Å². The molecule has 0 atom stereocenters. The van der Waals surface area contributed by atoms with Crippen LogP contribution in [0.1, 0.15) is 33.7 Å². The Morgan fingerprint density at radius 3 is 1.74 bits per heavy atom. The minimum atomic E-state index is -4.68. The van der Waals surface area contributed by atoms with Crippen LogP contribution in [-0.2, 0) is 10.1 Å². The van der Waals surface area contributed by atoms with E-state index in [1.165, 1.54) is 12.1 Å². The standard InChI is InChI=1S/C21H20O5S/c1-13-11-15(7-9-18(13)22)21(16-8-10-19(23)14(2)12-16)17-5-3-4-6-20(17)27(24,25)26/h3-12,21-23H,1-2H3,(H,24,25,26)/p-1. The average Bonchev–Trinajstić information content (AvgIpc) is 2.61. The van der Waals surface area contributed by atoms with Crippen molar-refractivity contribution in [1.29, 1.82) is 0 Å². The number of aryl methyl sites for hydroxylation is 2. The number of benzene rings is 3. The lowest BCUT2D eigenvalue weighted by Gasteiger charge is -2.24. The lowest BCUT2D eigenvalue weighted by Crippen LogP contribution is -2.10. The summed E-state index contributed by atoms with van der Waals surface area (Å²) in [5.74, 6) is -0.295. The third-order valence-corrected chi connectivity index (χ3v) is 5.52. The largest absolute Gasteiger partial charge is 0.744 e. The Labute approximate surface area is 158 Å². The van der Waals surface area contributed by atoms with Crippen molar-refractivity contribution in [2.75, 3.05) is 0 Å². The molecule has 0 heterocycles. The predicted molar refractivity (Wildman–Crippen MR) is 101 cm³/mol. The Morgan fingerprint density at radius 1 is 0.815 bits per heavy atom. The molecule has 0 unspecified atom stereocenters. The fourth-order valence-corrected chi connectivity index (χ4v) is 3.93. The number of rotatable bonds is 4. The summed E-state index contributed by atoms with van der Waals surface area (Å²) >= 11 is 0. The molecule has 3 rings (SSSR count). The highest BCUT2D eigenvalue weighted by Crippen LogP contribution is 2.38. The fourth-order valence-electron chi connectivity index (χ4n) is 3.21. The van der Waals surface area contributed by atoms with Gasteiger partial charge in [0.2, 0.25) is 0 Å². The van der Waals surface area contributed by atoms with Crippen molar-refractivity contribution in [3.05, 3.63) is 88.5 Å². The first-order chi connectivity index (χ1) is 12.7. The molecular weight excluding hydrogens is 364 g/mol. The number of phenols is 2. The van der Waals surface area contributed by atoms with Crippen LogP contribution in [0.5, 0.6) is 11.5 Å². The van der Waals surface area contributed by atoms with Crippen LogP contribution in [0.15, 0.2) is 65.6 Å². The number of aromatic hydroxyl groups is 2. The first kappa shape index (κ1) is 18.9. The van der Waals surface area contributed by atoms with Crippen LogP contribution < -0.4 is 0 Å². The smallest absolute Gasteiger partial charge is 0.124 e. The van der Waals surface area contributed by atoms with Crippen LogP contribution in [0.25, 0.3) is 0 Å². The molecule has 5 nitrogen and oxygen atoms in total. The molecule has 2 N–H and O–H groups in total. The Hall–Kier alpha value is -2.83. The highest BCUT2D eigenvalue weighted by molar-refractivity contribution is 7.85. The van der Waals surface area contributed by atoms with Crippen molar-refractivity contribution in [3.63, 3.8) is 0 Å². The minimum absolute atomic E-state index is 0.129. The van der Waals surface area contributed by atoms with Crippen molar-refractivity contribution in [1.82, 2.24) is 0 Å². The third kappa shape index (κ3) is 3.82. The predicted octanol–water partition coefficient (Wildman–Crippen LogP) is 3.80. The normalized spacial score (nSPS) is 11.7. The van der Waals surface area contributed by atoms with Gasteiger partial charge < -0.3 is 14.8 Å². The van der Waals surface area contributed by atoms with Gasteiger partial charge in [-0.2, -0.15) is 0 Å². The first-order valence-corrected chi connectivity index (χ1v) is 9.73. The van der Waals surface area contributed by atoms with Crippen LogP contribution in [0, 0.1) is 13.8 Å². The molecule has 140 valence electrons. The van der Waals surface area contributed by atoms with Gasteiger partial charge in [0.15, 0.2) is 0 Å². The molecule has 0 bridgehead atoms. The maximum atomic E-state index is 11.8. The second-order valence-corrected chi connectivity index (χ2v) is 7.86. The zero-order chi connectivity index (χ0) is 19.8. The molecule has 3 aromatic rings. The minimum Gasteiger partial charge on any atom is -0.744 e. The van der Waals surface area contributed by atoms with Gasteiger partial charge in [0.05, 0.1) is 4.90 Å². The topological polar surface area (TPSA) is 97.7 Å². The van der Waals surface area contributed by atoms with Gasteiger partial charge in [0.25, 0.3) is 0 Å². The van der Waals surface area contributed by atoms with Gasteiger partial charge in [-0.1, -0.05) is 42.5 Å². The molecular formula is C21H19O5S-. The summed E-state index contributed by atoms with van der Waals surface area (Å²) in [5, 5.41) is 19.7. The maximum Gasteiger partial charge on any atom is 0.124 e. The number of hydrogen-bond acceptors (Lipinski definition) is 5. The molecule has 0 aliphatic carbocycles. The van der Waals surface area contributed by atoms with E-state index in [2.05, 4.69) is 0 Å². The summed E-state index contributed by atoms with van der Waals surface area (Å²) in [4.78, 5) is -0.286. The van der Waals surface area contributed by atoms with Gasteiger partial charge in [-0.3, -0.25) is 0 Å². The van der Waals surface area contributed by atoms with Gasteiger partial charge in [-0.05, 0) is 59.9 Å². The average molecular weight is 383 g/mol. The fraction of sp³-hybridized carbons (Fsp3) is 0.143. The summed E-state index contributed by atoms with van der Waals surface area (Å²) in [6.45, 7) is 3.49. The van der Waals surface area contributed by atoms with E-state index in [1.54, 1.807) is 62.4 Å². The highest BCUT2D eigenvalue weighted by atomic mass is 32.2. The molecule has 3 aromatic carbocycles. The molecule has 0 amide bonds. The molecule has 0 fully saturated rings. The van der Waals surface area contributed by atoms with Crippen molar-refractivity contribution in [2.24, 2.45) is 0 Å². The van der Waals surface area contributed by atoms with E-state index < -0.39 is 16.0 Å². The summed E-state index contributed by atoms with van der Waals surface area (Å²) in [6, 6.07) is 16.1. The molecule has 0 aliphatic rings.